The first-order chi connectivity index (χ1) is 11.7. The molecule has 2 heterocycles. The summed E-state index contributed by atoms with van der Waals surface area (Å²) in [6, 6.07) is 6.85. The van der Waals surface area contributed by atoms with Crippen LogP contribution in [0, 0.1) is 5.92 Å². The lowest BCUT2D eigenvalue weighted by Crippen LogP contribution is -2.35. The normalized spacial score (nSPS) is 17.1. The van der Waals surface area contributed by atoms with Crippen LogP contribution in [0.25, 0.3) is 0 Å². The van der Waals surface area contributed by atoms with Gasteiger partial charge in [-0.2, -0.15) is 0 Å². The average molecular weight is 325 g/mol. The van der Waals surface area contributed by atoms with Crippen LogP contribution in [0.3, 0.4) is 0 Å². The van der Waals surface area contributed by atoms with Gasteiger partial charge in [-0.05, 0) is 37.1 Å². The van der Waals surface area contributed by atoms with E-state index in [2.05, 4.69) is 9.97 Å². The molecule has 1 fully saturated rings. The zero-order chi connectivity index (χ0) is 16.5. The smallest absolute Gasteiger partial charge is 0.410 e. The van der Waals surface area contributed by atoms with Crippen LogP contribution in [0.1, 0.15) is 34.6 Å². The Kier molecular flexibility index (Phi) is 3.80. The predicted molar refractivity (Wildman–Crippen MR) is 87.1 cm³/mol. The minimum Gasteiger partial charge on any atom is -0.410 e. The number of nitrogens with one attached hydrogen (secondary N) is 1. The number of fused-ring (bicyclic) bond motifs is 1. The molecule has 1 aromatic carbocycles. The molecule has 4 rings (SSSR count). The van der Waals surface area contributed by atoms with Crippen molar-refractivity contribution in [3.63, 3.8) is 0 Å². The van der Waals surface area contributed by atoms with Gasteiger partial charge in [0.15, 0.2) is 5.78 Å². The summed E-state index contributed by atoms with van der Waals surface area (Å²) in [7, 11) is 0. The summed E-state index contributed by atoms with van der Waals surface area (Å²) in [5, 5.41) is 0. The molecule has 0 unspecified atom stereocenters. The molecular weight excluding hydrogens is 306 g/mol. The maximum Gasteiger partial charge on any atom is 0.415 e. The highest BCUT2D eigenvalue weighted by Gasteiger charge is 2.30. The number of H-pyrrole nitrogens is 1. The molecule has 124 valence electrons. The molecule has 1 saturated carbocycles. The Hall–Kier alpha value is -2.63. The van der Waals surface area contributed by atoms with Crippen molar-refractivity contribution < 1.29 is 14.3 Å². The zero-order valence-electron chi connectivity index (χ0n) is 13.3. The van der Waals surface area contributed by atoms with Gasteiger partial charge in [0, 0.05) is 43.1 Å². The Labute approximate surface area is 139 Å². The number of benzene rings is 1. The second-order valence-corrected chi connectivity index (χ2v) is 6.35. The summed E-state index contributed by atoms with van der Waals surface area (Å²) < 4.78 is 5.44. The quantitative estimate of drug-likeness (QED) is 0.880. The third-order valence-electron chi connectivity index (χ3n) is 4.61. The van der Waals surface area contributed by atoms with Crippen LogP contribution >= 0.6 is 0 Å². The van der Waals surface area contributed by atoms with E-state index in [4.69, 9.17) is 4.74 Å². The number of aromatic nitrogens is 2. The topological polar surface area (TPSA) is 75.3 Å². The fraction of sp³-hybridized carbons (Fsp3) is 0.389. The summed E-state index contributed by atoms with van der Waals surface area (Å²) in [6.07, 6.45) is 4.79. The highest BCUT2D eigenvalue weighted by Crippen LogP contribution is 2.32. The monoisotopic (exact) mass is 325 g/mol. The van der Waals surface area contributed by atoms with Gasteiger partial charge in [-0.1, -0.05) is 0 Å². The summed E-state index contributed by atoms with van der Waals surface area (Å²) in [6.45, 7) is 1.20. The van der Waals surface area contributed by atoms with Crippen molar-refractivity contribution in [3.8, 4) is 5.75 Å². The Balaban J connectivity index is 1.37. The van der Waals surface area contributed by atoms with Crippen molar-refractivity contribution >= 4 is 11.9 Å². The summed E-state index contributed by atoms with van der Waals surface area (Å²) in [5.41, 5.74) is 2.80. The van der Waals surface area contributed by atoms with E-state index in [0.717, 1.165) is 37.1 Å². The molecule has 2 aliphatic rings. The van der Waals surface area contributed by atoms with Gasteiger partial charge < -0.3 is 14.6 Å². The van der Waals surface area contributed by atoms with Crippen molar-refractivity contribution in [2.45, 2.75) is 25.7 Å². The zero-order valence-corrected chi connectivity index (χ0v) is 13.3. The van der Waals surface area contributed by atoms with Crippen molar-refractivity contribution in [1.82, 2.24) is 14.9 Å². The molecular formula is C18H19N3O3. The Morgan fingerprint density at radius 3 is 2.62 bits per heavy atom. The Morgan fingerprint density at radius 1 is 1.12 bits per heavy atom. The van der Waals surface area contributed by atoms with Crippen LogP contribution in [0.15, 0.2) is 30.6 Å². The Morgan fingerprint density at radius 2 is 1.88 bits per heavy atom. The van der Waals surface area contributed by atoms with Crippen LogP contribution in [-0.2, 0) is 12.8 Å². The van der Waals surface area contributed by atoms with Gasteiger partial charge in [0.25, 0.3) is 0 Å². The molecule has 6 nitrogen and oxygen atoms in total. The number of ketones is 1. The molecule has 24 heavy (non-hydrogen) atoms. The van der Waals surface area contributed by atoms with E-state index in [1.54, 1.807) is 35.5 Å². The molecule has 1 amide bonds. The van der Waals surface area contributed by atoms with Gasteiger partial charge in [-0.15, -0.1) is 0 Å². The molecule has 6 heteroatoms. The van der Waals surface area contributed by atoms with Crippen molar-refractivity contribution in [2.75, 3.05) is 13.1 Å². The molecule has 1 aliphatic carbocycles. The molecule has 1 N–H and O–H groups in total. The van der Waals surface area contributed by atoms with Gasteiger partial charge in [0.2, 0.25) is 0 Å². The number of Topliss-reactive ketones (excluding diaryl/α,β-unsaturated/α-hetero) is 1. The first kappa shape index (κ1) is 14.9. The van der Waals surface area contributed by atoms with Crippen LogP contribution in [0.4, 0.5) is 4.79 Å². The molecule has 0 radical (unpaired) electrons. The van der Waals surface area contributed by atoms with E-state index >= 15 is 0 Å². The summed E-state index contributed by atoms with van der Waals surface area (Å²) in [4.78, 5) is 33.4. The van der Waals surface area contributed by atoms with Crippen LogP contribution < -0.4 is 4.74 Å². The highest BCUT2D eigenvalue weighted by atomic mass is 16.6. The van der Waals surface area contributed by atoms with E-state index in [-0.39, 0.29) is 17.8 Å². The van der Waals surface area contributed by atoms with E-state index in [0.29, 0.717) is 24.4 Å². The van der Waals surface area contributed by atoms with Crippen molar-refractivity contribution in [3.05, 3.63) is 47.5 Å². The third kappa shape index (κ3) is 3.04. The predicted octanol–water partition coefficient (Wildman–Crippen LogP) is 2.60. The van der Waals surface area contributed by atoms with Gasteiger partial charge >= 0.3 is 6.09 Å². The van der Waals surface area contributed by atoms with Gasteiger partial charge in [0.05, 0.1) is 12.0 Å². The third-order valence-corrected chi connectivity index (χ3v) is 4.61. The second kappa shape index (κ2) is 6.11. The maximum atomic E-state index is 12.3. The number of carbonyl (C=O) groups is 2. The first-order valence-corrected chi connectivity index (χ1v) is 8.33. The first-order valence-electron chi connectivity index (χ1n) is 8.33. The lowest BCUT2D eigenvalue weighted by Gasteiger charge is -2.19. The minimum absolute atomic E-state index is 0.189. The average Bonchev–Trinajstić information content (AvgIpc) is 3.38. The standard InChI is InChI=1S/C18H19N3O3/c22-17(12-1-2-12)13-3-5-14(6-4-13)24-18(23)21-9-7-15-16(8-10-21)20-11-19-15/h3-6,11-12H,1-2,7-10H2,(H,19,20). The summed E-state index contributed by atoms with van der Waals surface area (Å²) >= 11 is 0. The lowest BCUT2D eigenvalue weighted by atomic mass is 10.1. The fourth-order valence-corrected chi connectivity index (χ4v) is 3.00. The van der Waals surface area contributed by atoms with Crippen molar-refractivity contribution in [2.24, 2.45) is 5.92 Å². The molecule has 0 bridgehead atoms. The molecule has 1 aromatic heterocycles. The fourth-order valence-electron chi connectivity index (χ4n) is 3.00. The largest absolute Gasteiger partial charge is 0.415 e. The van der Waals surface area contributed by atoms with E-state index in [1.165, 1.54) is 0 Å². The highest BCUT2D eigenvalue weighted by molar-refractivity contribution is 5.99. The second-order valence-electron chi connectivity index (χ2n) is 6.35. The van der Waals surface area contributed by atoms with Gasteiger partial charge in [-0.3, -0.25) is 4.79 Å². The number of hydrogen-bond acceptors (Lipinski definition) is 4. The van der Waals surface area contributed by atoms with Gasteiger partial charge in [0.1, 0.15) is 5.75 Å². The lowest BCUT2D eigenvalue weighted by molar-refractivity contribution is 0.0967. The number of rotatable bonds is 3. The van der Waals surface area contributed by atoms with Crippen LogP contribution in [0.2, 0.25) is 0 Å². The van der Waals surface area contributed by atoms with E-state index in [1.807, 2.05) is 0 Å². The number of amides is 1. The molecule has 2 aromatic rings. The number of carbonyl (C=O) groups excluding carboxylic acids is 2. The molecule has 1 aliphatic heterocycles. The van der Waals surface area contributed by atoms with E-state index < -0.39 is 0 Å². The number of nitrogens with zero attached hydrogens (tertiary/aromatic N) is 2. The van der Waals surface area contributed by atoms with Crippen molar-refractivity contribution in [1.29, 1.82) is 0 Å². The molecule has 0 spiro atoms. The van der Waals surface area contributed by atoms with Gasteiger partial charge in [-0.25, -0.2) is 9.78 Å². The van der Waals surface area contributed by atoms with Crippen LogP contribution in [0.5, 0.6) is 5.75 Å². The molecule has 0 saturated heterocycles. The number of ether oxygens (including phenoxy) is 1. The summed E-state index contributed by atoms with van der Waals surface area (Å²) in [5.74, 6) is 0.850. The molecule has 0 atom stereocenters. The maximum absolute atomic E-state index is 12.3. The number of hydrogen-bond donors (Lipinski definition) is 1. The Bertz CT molecular complexity index is 740. The number of imidazole rings is 1. The van der Waals surface area contributed by atoms with Crippen LogP contribution in [-0.4, -0.2) is 39.8 Å². The number of aromatic amines is 1. The SMILES string of the molecule is O=C(c1ccc(OC(=O)N2CCc3nc[nH]c3CC2)cc1)C1CC1. The van der Waals surface area contributed by atoms with E-state index in [9.17, 15) is 9.59 Å². The minimum atomic E-state index is -0.360.